The molecule has 1 saturated heterocycles. The predicted octanol–water partition coefficient (Wildman–Crippen LogP) is 3.13. The van der Waals surface area contributed by atoms with Crippen LogP contribution in [0.5, 0.6) is 0 Å². The van der Waals surface area contributed by atoms with E-state index >= 15 is 0 Å². The Morgan fingerprint density at radius 1 is 1.04 bits per heavy atom. The molecule has 0 spiro atoms. The van der Waals surface area contributed by atoms with Gasteiger partial charge in [0, 0.05) is 12.7 Å². The molecule has 1 aliphatic heterocycles. The third-order valence-electron chi connectivity index (χ3n) is 5.41. The van der Waals surface area contributed by atoms with E-state index in [0.717, 1.165) is 43.5 Å². The molecule has 0 aliphatic carbocycles. The Bertz CT molecular complexity index is 824. The minimum Gasteiger partial charge on any atom is -0.288 e. The first-order chi connectivity index (χ1) is 13.3. The van der Waals surface area contributed by atoms with Crippen molar-refractivity contribution in [3.8, 4) is 0 Å². The molecule has 0 bridgehead atoms. The number of pyridine rings is 1. The second-order valence-electron chi connectivity index (χ2n) is 7.37. The Hall–Kier alpha value is -2.60. The standard InChI is InChI=1S/C21H26N6/c1-17-10-14-26(15-11-17)20(19-9-5-6-13-22-19)21-23-24-25-27(21)16-12-18-7-3-2-4-8-18/h2-9,13,17,20H,10-12,14-16H2,1H3. The second kappa shape index (κ2) is 8.39. The van der Waals surface area contributed by atoms with E-state index in [1.54, 1.807) is 0 Å². The highest BCUT2D eigenvalue weighted by Gasteiger charge is 2.31. The molecule has 1 aliphatic rings. The van der Waals surface area contributed by atoms with Crippen LogP contribution >= 0.6 is 0 Å². The summed E-state index contributed by atoms with van der Waals surface area (Å²) in [6, 6.07) is 16.6. The van der Waals surface area contributed by atoms with Gasteiger partial charge >= 0.3 is 0 Å². The third kappa shape index (κ3) is 4.22. The van der Waals surface area contributed by atoms with Gasteiger partial charge in [-0.05, 0) is 66.4 Å². The summed E-state index contributed by atoms with van der Waals surface area (Å²) in [6.45, 7) is 5.19. The van der Waals surface area contributed by atoms with E-state index in [1.807, 2.05) is 29.1 Å². The van der Waals surface area contributed by atoms with Crippen molar-refractivity contribution < 1.29 is 0 Å². The molecule has 1 aromatic carbocycles. The molecule has 3 heterocycles. The van der Waals surface area contributed by atoms with Crippen LogP contribution in [-0.2, 0) is 13.0 Å². The zero-order valence-electron chi connectivity index (χ0n) is 15.8. The highest BCUT2D eigenvalue weighted by Crippen LogP contribution is 2.30. The van der Waals surface area contributed by atoms with Crippen molar-refractivity contribution in [2.24, 2.45) is 5.92 Å². The molecule has 1 atom stereocenters. The fourth-order valence-electron chi connectivity index (χ4n) is 3.75. The molecular weight excluding hydrogens is 336 g/mol. The molecule has 0 amide bonds. The normalized spacial score (nSPS) is 17.1. The molecule has 0 radical (unpaired) electrons. The average Bonchev–Trinajstić information content (AvgIpc) is 3.18. The Kier molecular flexibility index (Phi) is 5.53. The number of rotatable bonds is 6. The van der Waals surface area contributed by atoms with E-state index in [4.69, 9.17) is 0 Å². The molecule has 140 valence electrons. The van der Waals surface area contributed by atoms with Gasteiger partial charge in [-0.3, -0.25) is 9.88 Å². The SMILES string of the molecule is CC1CCN(C(c2ccccn2)c2nnnn2CCc2ccccc2)CC1. The molecule has 6 nitrogen and oxygen atoms in total. The number of hydrogen-bond donors (Lipinski definition) is 0. The number of tetrazole rings is 1. The van der Waals surface area contributed by atoms with E-state index in [2.05, 4.69) is 62.7 Å². The van der Waals surface area contributed by atoms with Gasteiger partial charge in [0.15, 0.2) is 5.82 Å². The van der Waals surface area contributed by atoms with Gasteiger partial charge in [0.25, 0.3) is 0 Å². The van der Waals surface area contributed by atoms with Crippen LogP contribution in [-0.4, -0.2) is 43.2 Å². The van der Waals surface area contributed by atoms with Gasteiger partial charge in [-0.25, -0.2) is 4.68 Å². The molecule has 3 aromatic rings. The van der Waals surface area contributed by atoms with Crippen LogP contribution in [0.15, 0.2) is 54.7 Å². The summed E-state index contributed by atoms with van der Waals surface area (Å²) in [5.74, 6) is 1.67. The van der Waals surface area contributed by atoms with Crippen molar-refractivity contribution in [3.63, 3.8) is 0 Å². The van der Waals surface area contributed by atoms with Crippen molar-refractivity contribution in [1.29, 1.82) is 0 Å². The van der Waals surface area contributed by atoms with Crippen molar-refractivity contribution >= 4 is 0 Å². The molecule has 27 heavy (non-hydrogen) atoms. The van der Waals surface area contributed by atoms with E-state index in [1.165, 1.54) is 18.4 Å². The summed E-state index contributed by atoms with van der Waals surface area (Å²) in [7, 11) is 0. The zero-order chi connectivity index (χ0) is 18.5. The number of aromatic nitrogens is 5. The van der Waals surface area contributed by atoms with Crippen LogP contribution in [0.25, 0.3) is 0 Å². The van der Waals surface area contributed by atoms with Crippen LogP contribution in [0, 0.1) is 5.92 Å². The number of nitrogens with zero attached hydrogens (tertiary/aromatic N) is 6. The highest BCUT2D eigenvalue weighted by molar-refractivity contribution is 5.18. The Morgan fingerprint density at radius 2 is 1.81 bits per heavy atom. The van der Waals surface area contributed by atoms with Gasteiger partial charge < -0.3 is 0 Å². The van der Waals surface area contributed by atoms with Crippen LogP contribution in [0.4, 0.5) is 0 Å². The van der Waals surface area contributed by atoms with Crippen molar-refractivity contribution in [2.45, 2.75) is 38.8 Å². The smallest absolute Gasteiger partial charge is 0.174 e. The van der Waals surface area contributed by atoms with Gasteiger partial charge in [-0.1, -0.05) is 43.3 Å². The lowest BCUT2D eigenvalue weighted by molar-refractivity contribution is 0.147. The molecule has 4 rings (SSSR count). The molecule has 1 fully saturated rings. The molecule has 2 aromatic heterocycles. The minimum atomic E-state index is 0.00414. The van der Waals surface area contributed by atoms with E-state index in [-0.39, 0.29) is 6.04 Å². The quantitative estimate of drug-likeness (QED) is 0.674. The van der Waals surface area contributed by atoms with E-state index < -0.39 is 0 Å². The number of benzene rings is 1. The monoisotopic (exact) mass is 362 g/mol. The van der Waals surface area contributed by atoms with Gasteiger partial charge in [-0.2, -0.15) is 0 Å². The van der Waals surface area contributed by atoms with Crippen molar-refractivity contribution in [1.82, 2.24) is 30.1 Å². The summed E-state index contributed by atoms with van der Waals surface area (Å²) in [5, 5.41) is 12.7. The summed E-state index contributed by atoms with van der Waals surface area (Å²) in [4.78, 5) is 7.12. The van der Waals surface area contributed by atoms with Crippen molar-refractivity contribution in [3.05, 3.63) is 71.8 Å². The van der Waals surface area contributed by atoms with Crippen LogP contribution in [0.2, 0.25) is 0 Å². The fraction of sp³-hybridized carbons (Fsp3) is 0.429. The van der Waals surface area contributed by atoms with Crippen molar-refractivity contribution in [2.75, 3.05) is 13.1 Å². The molecule has 0 N–H and O–H groups in total. The maximum atomic E-state index is 4.64. The van der Waals surface area contributed by atoms with Crippen LogP contribution in [0.3, 0.4) is 0 Å². The third-order valence-corrected chi connectivity index (χ3v) is 5.41. The first-order valence-corrected chi connectivity index (χ1v) is 9.76. The number of hydrogen-bond acceptors (Lipinski definition) is 5. The maximum absolute atomic E-state index is 4.64. The summed E-state index contributed by atoms with van der Waals surface area (Å²) in [5.41, 5.74) is 2.31. The minimum absolute atomic E-state index is 0.00414. The van der Waals surface area contributed by atoms with Gasteiger partial charge in [-0.15, -0.1) is 5.10 Å². The zero-order valence-corrected chi connectivity index (χ0v) is 15.8. The molecular formula is C21H26N6. The first-order valence-electron chi connectivity index (χ1n) is 9.76. The molecule has 1 unspecified atom stereocenters. The average molecular weight is 362 g/mol. The highest BCUT2D eigenvalue weighted by atomic mass is 15.5. The number of aryl methyl sites for hydroxylation is 2. The van der Waals surface area contributed by atoms with E-state index in [9.17, 15) is 0 Å². The molecule has 0 saturated carbocycles. The Balaban J connectivity index is 1.60. The van der Waals surface area contributed by atoms with Crippen LogP contribution in [0.1, 0.15) is 42.9 Å². The maximum Gasteiger partial charge on any atom is 0.174 e. The van der Waals surface area contributed by atoms with E-state index in [0.29, 0.717) is 0 Å². The number of piperidine rings is 1. The second-order valence-corrected chi connectivity index (χ2v) is 7.37. The lowest BCUT2D eigenvalue weighted by atomic mass is 9.97. The summed E-state index contributed by atoms with van der Waals surface area (Å²) < 4.78 is 1.95. The summed E-state index contributed by atoms with van der Waals surface area (Å²) in [6.07, 6.45) is 5.17. The lowest BCUT2D eigenvalue weighted by Gasteiger charge is -2.35. The first kappa shape index (κ1) is 17.8. The molecule has 6 heteroatoms. The van der Waals surface area contributed by atoms with Gasteiger partial charge in [0.1, 0.15) is 6.04 Å². The Labute approximate surface area is 160 Å². The fourth-order valence-corrected chi connectivity index (χ4v) is 3.75. The van der Waals surface area contributed by atoms with Gasteiger partial charge in [0.05, 0.1) is 5.69 Å². The number of likely N-dealkylation sites (tertiary alicyclic amines) is 1. The summed E-state index contributed by atoms with van der Waals surface area (Å²) >= 11 is 0. The van der Waals surface area contributed by atoms with Crippen LogP contribution < -0.4 is 0 Å². The lowest BCUT2D eigenvalue weighted by Crippen LogP contribution is -2.38. The van der Waals surface area contributed by atoms with Gasteiger partial charge in [0.2, 0.25) is 0 Å². The predicted molar refractivity (Wildman–Crippen MR) is 104 cm³/mol. The Morgan fingerprint density at radius 3 is 2.56 bits per heavy atom. The topological polar surface area (TPSA) is 59.7 Å². The largest absolute Gasteiger partial charge is 0.288 e.